The van der Waals surface area contributed by atoms with Crippen LogP contribution in [0.25, 0.3) is 0 Å². The first kappa shape index (κ1) is 15.3. The Morgan fingerprint density at radius 1 is 1.26 bits per heavy atom. The Hall–Kier alpha value is -1.78. The van der Waals surface area contributed by atoms with Gasteiger partial charge in [0.1, 0.15) is 17.6 Å². The summed E-state index contributed by atoms with van der Waals surface area (Å²) < 4.78 is 5.38. The Morgan fingerprint density at radius 2 is 1.89 bits per heavy atom. The summed E-state index contributed by atoms with van der Waals surface area (Å²) in [6, 6.07) is -0.846. The number of carbonyl (C=O) groups excluding carboxylic acids is 1. The van der Waals surface area contributed by atoms with Gasteiger partial charge in [0.05, 0.1) is 5.56 Å². The van der Waals surface area contributed by atoms with Crippen molar-refractivity contribution in [3.63, 3.8) is 0 Å². The molecule has 0 fully saturated rings. The van der Waals surface area contributed by atoms with Gasteiger partial charge in [0.15, 0.2) is 0 Å². The van der Waals surface area contributed by atoms with E-state index in [0.717, 1.165) is 18.4 Å². The first-order chi connectivity index (χ1) is 8.88. The molecule has 0 saturated carbocycles. The molecule has 1 aromatic heterocycles. The van der Waals surface area contributed by atoms with E-state index in [0.29, 0.717) is 23.5 Å². The molecule has 1 aromatic rings. The van der Waals surface area contributed by atoms with E-state index < -0.39 is 12.0 Å². The number of amides is 1. The Morgan fingerprint density at radius 3 is 2.32 bits per heavy atom. The number of furan rings is 1. The lowest BCUT2D eigenvalue weighted by molar-refractivity contribution is -0.139. The van der Waals surface area contributed by atoms with Gasteiger partial charge in [-0.1, -0.05) is 19.8 Å². The average molecular weight is 267 g/mol. The molecule has 0 unspecified atom stereocenters. The van der Waals surface area contributed by atoms with E-state index in [1.807, 2.05) is 6.92 Å². The SMILES string of the molecule is CCCC[C@H](NC(=O)c1c(C)oc(C)c1C)C(=O)O. The molecule has 0 bridgehead atoms. The van der Waals surface area contributed by atoms with Crippen molar-refractivity contribution in [2.45, 2.75) is 53.0 Å². The summed E-state index contributed by atoms with van der Waals surface area (Å²) in [5.74, 6) is -0.178. The molecule has 1 rings (SSSR count). The van der Waals surface area contributed by atoms with Gasteiger partial charge in [-0.3, -0.25) is 4.79 Å². The number of carboxylic acid groups (broad SMARTS) is 1. The van der Waals surface area contributed by atoms with Crippen LogP contribution in [0.3, 0.4) is 0 Å². The first-order valence-electron chi connectivity index (χ1n) is 6.48. The van der Waals surface area contributed by atoms with Gasteiger partial charge in [-0.05, 0) is 27.2 Å². The molecule has 1 amide bonds. The lowest BCUT2D eigenvalue weighted by Crippen LogP contribution is -2.41. The van der Waals surface area contributed by atoms with Crippen LogP contribution in [-0.2, 0) is 4.79 Å². The minimum Gasteiger partial charge on any atom is -0.480 e. The zero-order valence-corrected chi connectivity index (χ0v) is 11.9. The number of hydrogen-bond acceptors (Lipinski definition) is 3. The van der Waals surface area contributed by atoms with Crippen LogP contribution >= 0.6 is 0 Å². The number of aliphatic carboxylic acids is 1. The van der Waals surface area contributed by atoms with Crippen molar-refractivity contribution in [3.8, 4) is 0 Å². The molecule has 0 aliphatic carbocycles. The third-order valence-corrected chi connectivity index (χ3v) is 3.24. The topological polar surface area (TPSA) is 79.5 Å². The fraction of sp³-hybridized carbons (Fsp3) is 0.571. The van der Waals surface area contributed by atoms with Crippen LogP contribution in [0.4, 0.5) is 0 Å². The molecule has 2 N–H and O–H groups in total. The van der Waals surface area contributed by atoms with Crippen LogP contribution < -0.4 is 5.32 Å². The van der Waals surface area contributed by atoms with E-state index >= 15 is 0 Å². The number of aryl methyl sites for hydroxylation is 2. The molecule has 5 heteroatoms. The number of nitrogens with one attached hydrogen (secondary N) is 1. The van der Waals surface area contributed by atoms with Crippen LogP contribution in [-0.4, -0.2) is 23.0 Å². The fourth-order valence-electron chi connectivity index (χ4n) is 2.02. The van der Waals surface area contributed by atoms with Crippen LogP contribution in [0.2, 0.25) is 0 Å². The first-order valence-corrected chi connectivity index (χ1v) is 6.48. The number of unbranched alkanes of at least 4 members (excludes halogenated alkanes) is 1. The van der Waals surface area contributed by atoms with Crippen molar-refractivity contribution in [2.24, 2.45) is 0 Å². The summed E-state index contributed by atoms with van der Waals surface area (Å²) in [6.45, 7) is 7.26. The maximum atomic E-state index is 12.1. The van der Waals surface area contributed by atoms with E-state index in [1.165, 1.54) is 0 Å². The molecule has 0 aliphatic heterocycles. The van der Waals surface area contributed by atoms with E-state index in [-0.39, 0.29) is 5.91 Å². The standard InChI is InChI=1S/C14H21NO4/c1-5-6-7-11(14(17)18)15-13(16)12-8(2)9(3)19-10(12)4/h11H,5-7H2,1-4H3,(H,15,16)(H,17,18)/t11-/m0/s1. The summed E-state index contributed by atoms with van der Waals surface area (Å²) >= 11 is 0. The maximum Gasteiger partial charge on any atom is 0.326 e. The van der Waals surface area contributed by atoms with Gasteiger partial charge in [-0.2, -0.15) is 0 Å². The zero-order valence-electron chi connectivity index (χ0n) is 11.9. The normalized spacial score (nSPS) is 12.2. The lowest BCUT2D eigenvalue weighted by Gasteiger charge is -2.14. The van der Waals surface area contributed by atoms with Gasteiger partial charge in [-0.25, -0.2) is 4.79 Å². The summed E-state index contributed by atoms with van der Waals surface area (Å²) in [5.41, 5.74) is 1.20. The number of rotatable bonds is 6. The van der Waals surface area contributed by atoms with Crippen molar-refractivity contribution in [1.29, 1.82) is 0 Å². The van der Waals surface area contributed by atoms with Crippen LogP contribution in [0, 0.1) is 20.8 Å². The summed E-state index contributed by atoms with van der Waals surface area (Å²) in [6.07, 6.45) is 2.09. The minimum atomic E-state index is -1.00. The van der Waals surface area contributed by atoms with Gasteiger partial charge in [0.25, 0.3) is 5.91 Å². The highest BCUT2D eigenvalue weighted by atomic mass is 16.4. The van der Waals surface area contributed by atoms with Gasteiger partial charge in [0, 0.05) is 5.56 Å². The highest BCUT2D eigenvalue weighted by molar-refractivity contribution is 5.98. The Balaban J connectivity index is 2.85. The Kier molecular flexibility index (Phi) is 5.15. The molecule has 1 atom stereocenters. The second kappa shape index (κ2) is 6.41. The highest BCUT2D eigenvalue weighted by Crippen LogP contribution is 2.20. The monoisotopic (exact) mass is 267 g/mol. The van der Waals surface area contributed by atoms with Gasteiger partial charge < -0.3 is 14.8 Å². The average Bonchev–Trinajstić information content (AvgIpc) is 2.58. The molecule has 0 spiro atoms. The fourth-order valence-corrected chi connectivity index (χ4v) is 2.02. The molecule has 1 heterocycles. The van der Waals surface area contributed by atoms with Crippen molar-refractivity contribution in [3.05, 3.63) is 22.6 Å². The summed E-state index contributed by atoms with van der Waals surface area (Å²) in [4.78, 5) is 23.3. The van der Waals surface area contributed by atoms with Crippen LogP contribution in [0.5, 0.6) is 0 Å². The smallest absolute Gasteiger partial charge is 0.326 e. The van der Waals surface area contributed by atoms with Crippen molar-refractivity contribution >= 4 is 11.9 Å². The summed E-state index contributed by atoms with van der Waals surface area (Å²) in [7, 11) is 0. The second-order valence-corrected chi connectivity index (χ2v) is 4.72. The highest BCUT2D eigenvalue weighted by Gasteiger charge is 2.24. The third-order valence-electron chi connectivity index (χ3n) is 3.24. The molecule has 19 heavy (non-hydrogen) atoms. The van der Waals surface area contributed by atoms with Gasteiger partial charge in [0.2, 0.25) is 0 Å². The van der Waals surface area contributed by atoms with Crippen molar-refractivity contribution in [1.82, 2.24) is 5.32 Å². The van der Waals surface area contributed by atoms with E-state index in [9.17, 15) is 9.59 Å². The molecule has 0 radical (unpaired) electrons. The van der Waals surface area contributed by atoms with Crippen molar-refractivity contribution < 1.29 is 19.1 Å². The van der Waals surface area contributed by atoms with Crippen molar-refractivity contribution in [2.75, 3.05) is 0 Å². The molecule has 0 aliphatic rings. The lowest BCUT2D eigenvalue weighted by atomic mass is 10.1. The maximum absolute atomic E-state index is 12.1. The Bertz CT molecular complexity index is 476. The quantitative estimate of drug-likeness (QED) is 0.830. The van der Waals surface area contributed by atoms with Gasteiger partial charge in [-0.15, -0.1) is 0 Å². The predicted molar refractivity (Wildman–Crippen MR) is 71.3 cm³/mol. The van der Waals surface area contributed by atoms with E-state index in [4.69, 9.17) is 9.52 Å². The molecule has 5 nitrogen and oxygen atoms in total. The third kappa shape index (κ3) is 3.59. The molecule has 0 saturated heterocycles. The zero-order chi connectivity index (χ0) is 14.6. The largest absolute Gasteiger partial charge is 0.480 e. The van der Waals surface area contributed by atoms with Crippen LogP contribution in [0.1, 0.15) is 53.6 Å². The molecule has 0 aromatic carbocycles. The Labute approximate surface area is 113 Å². The molecular formula is C14H21NO4. The number of carboxylic acids is 1. The second-order valence-electron chi connectivity index (χ2n) is 4.72. The molecule has 106 valence electrons. The van der Waals surface area contributed by atoms with E-state index in [1.54, 1.807) is 20.8 Å². The number of carbonyl (C=O) groups is 2. The predicted octanol–water partition coefficient (Wildman–Crippen LogP) is 2.58. The number of hydrogen-bond donors (Lipinski definition) is 2. The minimum absolute atomic E-state index is 0.379. The van der Waals surface area contributed by atoms with Gasteiger partial charge >= 0.3 is 5.97 Å². The molecular weight excluding hydrogens is 246 g/mol. The van der Waals surface area contributed by atoms with E-state index in [2.05, 4.69) is 5.32 Å². The van der Waals surface area contributed by atoms with Crippen LogP contribution in [0.15, 0.2) is 4.42 Å². The summed E-state index contributed by atoms with van der Waals surface area (Å²) in [5, 5.41) is 11.7.